The molecule has 27 heavy (non-hydrogen) atoms. The molecule has 2 fully saturated rings. The molecule has 3 atom stereocenters. The van der Waals surface area contributed by atoms with Crippen molar-refractivity contribution in [2.45, 2.75) is 57.7 Å². The van der Waals surface area contributed by atoms with Crippen LogP contribution >= 0.6 is 0 Å². The zero-order valence-corrected chi connectivity index (χ0v) is 15.7. The maximum atomic E-state index is 11.8. The molecule has 2 aromatic rings. The Morgan fingerprint density at radius 1 is 1.30 bits per heavy atom. The van der Waals surface area contributed by atoms with Gasteiger partial charge in [0.2, 0.25) is 0 Å². The van der Waals surface area contributed by atoms with Gasteiger partial charge in [-0.05, 0) is 61.4 Å². The minimum absolute atomic E-state index is 0.357. The van der Waals surface area contributed by atoms with Gasteiger partial charge in [-0.15, -0.1) is 0 Å². The lowest BCUT2D eigenvalue weighted by atomic mass is 9.84. The molecule has 2 heterocycles. The summed E-state index contributed by atoms with van der Waals surface area (Å²) in [5, 5.41) is 9.70. The lowest BCUT2D eigenvalue weighted by Crippen LogP contribution is -2.41. The van der Waals surface area contributed by atoms with Gasteiger partial charge in [-0.1, -0.05) is 25.0 Å². The number of carbonyl (C=O) groups is 1. The first kappa shape index (κ1) is 18.0. The summed E-state index contributed by atoms with van der Waals surface area (Å²) in [5.41, 5.74) is 2.19. The lowest BCUT2D eigenvalue weighted by molar-refractivity contribution is -0.142. The van der Waals surface area contributed by atoms with Crippen LogP contribution in [0.1, 0.15) is 43.2 Å². The van der Waals surface area contributed by atoms with Crippen LogP contribution in [0.5, 0.6) is 11.5 Å². The molecule has 1 aromatic heterocycles. The number of aryl methyl sites for hydroxylation is 1. The van der Waals surface area contributed by atoms with Gasteiger partial charge < -0.3 is 9.84 Å². The van der Waals surface area contributed by atoms with Gasteiger partial charge in [-0.25, -0.2) is 0 Å². The molecule has 4 rings (SSSR count). The summed E-state index contributed by atoms with van der Waals surface area (Å²) in [6.45, 7) is 2.71. The summed E-state index contributed by atoms with van der Waals surface area (Å²) in [6.07, 6.45) is 8.94. The van der Waals surface area contributed by atoms with Crippen LogP contribution in [0.3, 0.4) is 0 Å². The number of rotatable bonds is 5. The summed E-state index contributed by atoms with van der Waals surface area (Å²) in [4.78, 5) is 18.1. The zero-order chi connectivity index (χ0) is 18.8. The molecule has 5 heteroatoms. The number of fused-ring (bicyclic) bond motifs is 1. The molecule has 0 amide bonds. The normalized spacial score (nSPS) is 25.1. The van der Waals surface area contributed by atoms with Crippen molar-refractivity contribution in [3.8, 4) is 11.5 Å². The van der Waals surface area contributed by atoms with Gasteiger partial charge in [0.15, 0.2) is 0 Å². The molecule has 1 N–H and O–H groups in total. The van der Waals surface area contributed by atoms with Crippen molar-refractivity contribution in [3.63, 3.8) is 0 Å². The second kappa shape index (κ2) is 7.69. The first-order valence-corrected chi connectivity index (χ1v) is 9.78. The van der Waals surface area contributed by atoms with E-state index in [1.165, 1.54) is 19.3 Å². The lowest BCUT2D eigenvalue weighted by Gasteiger charge is -2.33. The topological polar surface area (TPSA) is 62.7 Å². The number of carboxylic acid groups (broad SMARTS) is 1. The molecular formula is C22H26N2O3. The van der Waals surface area contributed by atoms with Crippen molar-refractivity contribution in [2.75, 3.05) is 0 Å². The van der Waals surface area contributed by atoms with Crippen molar-refractivity contribution in [1.82, 2.24) is 9.88 Å². The Hall–Kier alpha value is -2.40. The van der Waals surface area contributed by atoms with Gasteiger partial charge in [-0.2, -0.15) is 0 Å². The predicted octanol–water partition coefficient (Wildman–Crippen LogP) is 4.40. The number of benzene rings is 1. The number of nitrogens with zero attached hydrogens (tertiary/aromatic N) is 2. The monoisotopic (exact) mass is 366 g/mol. The third kappa shape index (κ3) is 3.83. The fraction of sp³-hybridized carbons (Fsp3) is 0.455. The number of carboxylic acids is 1. The number of pyridine rings is 1. The second-order valence-corrected chi connectivity index (χ2v) is 7.76. The molecule has 1 saturated carbocycles. The van der Waals surface area contributed by atoms with E-state index in [1.54, 1.807) is 12.4 Å². The highest BCUT2D eigenvalue weighted by atomic mass is 16.5. The molecule has 1 saturated heterocycles. The van der Waals surface area contributed by atoms with E-state index in [0.29, 0.717) is 24.3 Å². The first-order chi connectivity index (χ1) is 13.1. The van der Waals surface area contributed by atoms with E-state index in [2.05, 4.69) is 16.0 Å². The maximum absolute atomic E-state index is 11.8. The van der Waals surface area contributed by atoms with Crippen molar-refractivity contribution in [1.29, 1.82) is 0 Å². The Kier molecular flexibility index (Phi) is 5.12. The zero-order valence-electron chi connectivity index (χ0n) is 15.7. The Bertz CT molecular complexity index is 808. The van der Waals surface area contributed by atoms with Crippen molar-refractivity contribution in [2.24, 2.45) is 5.92 Å². The van der Waals surface area contributed by atoms with Gasteiger partial charge >= 0.3 is 5.97 Å². The van der Waals surface area contributed by atoms with E-state index >= 15 is 0 Å². The van der Waals surface area contributed by atoms with Gasteiger partial charge in [0.1, 0.15) is 17.5 Å². The SMILES string of the molecule is Cc1cc(CN2C(C(=O)O)CC3CCCCC32)ccc1Oc1cccnc1. The Balaban J connectivity index is 1.51. The molecule has 0 radical (unpaired) electrons. The molecule has 5 nitrogen and oxygen atoms in total. The van der Waals surface area contributed by atoms with Crippen LogP contribution in [0.25, 0.3) is 0 Å². The predicted molar refractivity (Wildman–Crippen MR) is 103 cm³/mol. The first-order valence-electron chi connectivity index (χ1n) is 9.78. The molecule has 1 aliphatic heterocycles. The molecule has 0 bridgehead atoms. The average Bonchev–Trinajstić information content (AvgIpc) is 3.04. The summed E-state index contributed by atoms with van der Waals surface area (Å²) in [5.74, 6) is 1.37. The smallest absolute Gasteiger partial charge is 0.320 e. The molecule has 1 aromatic carbocycles. The summed E-state index contributed by atoms with van der Waals surface area (Å²) < 4.78 is 5.91. The van der Waals surface area contributed by atoms with E-state index in [0.717, 1.165) is 29.7 Å². The third-order valence-electron chi connectivity index (χ3n) is 5.97. The number of aromatic nitrogens is 1. The van der Waals surface area contributed by atoms with Crippen LogP contribution in [-0.2, 0) is 11.3 Å². The minimum Gasteiger partial charge on any atom is -0.480 e. The Morgan fingerprint density at radius 2 is 2.15 bits per heavy atom. The Labute approximate surface area is 160 Å². The van der Waals surface area contributed by atoms with Crippen LogP contribution in [-0.4, -0.2) is 33.0 Å². The van der Waals surface area contributed by atoms with E-state index < -0.39 is 5.97 Å². The fourth-order valence-corrected chi connectivity index (χ4v) is 4.69. The molecule has 1 aliphatic carbocycles. The highest BCUT2D eigenvalue weighted by Crippen LogP contribution is 2.40. The van der Waals surface area contributed by atoms with Crippen LogP contribution in [0.2, 0.25) is 0 Å². The molecule has 0 spiro atoms. The average molecular weight is 366 g/mol. The molecular weight excluding hydrogens is 340 g/mol. The summed E-state index contributed by atoms with van der Waals surface area (Å²) in [6, 6.07) is 9.91. The summed E-state index contributed by atoms with van der Waals surface area (Å²) >= 11 is 0. The van der Waals surface area contributed by atoms with Gasteiger partial charge in [0.25, 0.3) is 0 Å². The number of hydrogen-bond acceptors (Lipinski definition) is 4. The van der Waals surface area contributed by atoms with Crippen molar-refractivity contribution < 1.29 is 14.6 Å². The maximum Gasteiger partial charge on any atom is 0.320 e. The van der Waals surface area contributed by atoms with Gasteiger partial charge in [0, 0.05) is 18.8 Å². The second-order valence-electron chi connectivity index (χ2n) is 7.76. The van der Waals surface area contributed by atoms with Crippen LogP contribution < -0.4 is 4.74 Å². The third-order valence-corrected chi connectivity index (χ3v) is 5.97. The highest BCUT2D eigenvalue weighted by molar-refractivity contribution is 5.74. The minimum atomic E-state index is -0.683. The van der Waals surface area contributed by atoms with Gasteiger partial charge in [-0.3, -0.25) is 14.7 Å². The van der Waals surface area contributed by atoms with Crippen molar-refractivity contribution >= 4 is 5.97 Å². The number of likely N-dealkylation sites (tertiary alicyclic amines) is 1. The molecule has 142 valence electrons. The largest absolute Gasteiger partial charge is 0.480 e. The van der Waals surface area contributed by atoms with E-state index in [4.69, 9.17) is 4.74 Å². The number of ether oxygens (including phenoxy) is 1. The quantitative estimate of drug-likeness (QED) is 0.850. The van der Waals surface area contributed by atoms with Gasteiger partial charge in [0.05, 0.1) is 6.20 Å². The van der Waals surface area contributed by atoms with Crippen LogP contribution in [0, 0.1) is 12.8 Å². The van der Waals surface area contributed by atoms with E-state index in [1.807, 2.05) is 31.2 Å². The standard InChI is InChI=1S/C22H26N2O3/c1-15-11-16(8-9-21(15)27-18-6-4-10-23-13-18)14-24-19-7-3-2-5-17(19)12-20(24)22(25)26/h4,6,8-11,13,17,19-20H,2-3,5,7,12,14H2,1H3,(H,25,26). The van der Waals surface area contributed by atoms with Crippen LogP contribution in [0.15, 0.2) is 42.7 Å². The molecule has 2 aliphatic rings. The van der Waals surface area contributed by atoms with E-state index in [9.17, 15) is 9.90 Å². The molecule has 3 unspecified atom stereocenters. The number of hydrogen-bond donors (Lipinski definition) is 1. The summed E-state index contributed by atoms with van der Waals surface area (Å²) in [7, 11) is 0. The van der Waals surface area contributed by atoms with E-state index in [-0.39, 0.29) is 6.04 Å². The van der Waals surface area contributed by atoms with Crippen LogP contribution in [0.4, 0.5) is 0 Å². The number of aliphatic carboxylic acids is 1. The highest BCUT2D eigenvalue weighted by Gasteiger charge is 2.44. The van der Waals surface area contributed by atoms with Crippen molar-refractivity contribution in [3.05, 3.63) is 53.9 Å². The fourth-order valence-electron chi connectivity index (χ4n) is 4.69. The Morgan fingerprint density at radius 3 is 2.89 bits per heavy atom.